The van der Waals surface area contributed by atoms with Gasteiger partial charge in [-0.1, -0.05) is 42.9 Å². The van der Waals surface area contributed by atoms with Gasteiger partial charge in [-0.2, -0.15) is 4.99 Å². The molecular formula is C26H24ClN3O5S2. The zero-order valence-electron chi connectivity index (χ0n) is 20.3. The third-order valence-corrected chi connectivity index (χ3v) is 8.28. The number of aromatic nitrogens is 1. The number of esters is 1. The molecule has 1 heterocycles. The van der Waals surface area contributed by atoms with Gasteiger partial charge in [-0.25, -0.2) is 8.42 Å². The predicted octanol–water partition coefficient (Wildman–Crippen LogP) is 5.19. The third-order valence-electron chi connectivity index (χ3n) is 5.59. The lowest BCUT2D eigenvalue weighted by molar-refractivity contribution is -0.141. The van der Waals surface area contributed by atoms with Crippen molar-refractivity contribution in [3.8, 4) is 0 Å². The second-order valence-electron chi connectivity index (χ2n) is 8.48. The summed E-state index contributed by atoms with van der Waals surface area (Å²) in [4.78, 5) is 29.7. The van der Waals surface area contributed by atoms with Crippen molar-refractivity contribution in [3.63, 3.8) is 0 Å². The fourth-order valence-electron chi connectivity index (χ4n) is 3.54. The van der Waals surface area contributed by atoms with Gasteiger partial charge in [-0.15, -0.1) is 0 Å². The number of ether oxygens (including phenoxy) is 1. The van der Waals surface area contributed by atoms with Crippen LogP contribution in [0.2, 0.25) is 5.02 Å². The molecule has 0 fully saturated rings. The highest BCUT2D eigenvalue weighted by Crippen LogP contribution is 2.24. The topological polar surface area (TPSA) is 107 Å². The quantitative estimate of drug-likeness (QED) is 0.314. The van der Waals surface area contributed by atoms with Gasteiger partial charge in [-0.3, -0.25) is 14.3 Å². The van der Waals surface area contributed by atoms with Crippen LogP contribution in [0.4, 0.5) is 5.69 Å². The Morgan fingerprint density at radius 1 is 1.05 bits per heavy atom. The summed E-state index contributed by atoms with van der Waals surface area (Å²) < 4.78 is 35.0. The van der Waals surface area contributed by atoms with E-state index < -0.39 is 21.9 Å². The summed E-state index contributed by atoms with van der Waals surface area (Å²) in [6, 6.07) is 17.7. The molecule has 0 radical (unpaired) electrons. The number of carbonyl (C=O) groups is 2. The zero-order chi connectivity index (χ0) is 26.7. The predicted molar refractivity (Wildman–Crippen MR) is 145 cm³/mol. The minimum atomic E-state index is -3.82. The molecule has 4 rings (SSSR count). The molecule has 192 valence electrons. The maximum Gasteiger partial charge on any atom is 0.325 e. The second-order valence-corrected chi connectivity index (χ2v) is 11.6. The number of halogens is 1. The van der Waals surface area contributed by atoms with Gasteiger partial charge in [0.2, 0.25) is 0 Å². The Labute approximate surface area is 223 Å². The van der Waals surface area contributed by atoms with Crippen molar-refractivity contribution < 1.29 is 22.7 Å². The number of anilines is 1. The first-order chi connectivity index (χ1) is 17.6. The normalized spacial score (nSPS) is 12.2. The second kappa shape index (κ2) is 10.9. The third kappa shape index (κ3) is 6.10. The van der Waals surface area contributed by atoms with E-state index in [1.807, 2.05) is 18.2 Å². The number of nitrogens with zero attached hydrogens (tertiary/aromatic N) is 2. The average Bonchev–Trinajstić information content (AvgIpc) is 3.20. The number of amides is 1. The molecule has 4 aromatic rings. The Morgan fingerprint density at radius 3 is 2.35 bits per heavy atom. The molecule has 1 N–H and O–H groups in total. The van der Waals surface area contributed by atoms with Gasteiger partial charge >= 0.3 is 5.97 Å². The highest BCUT2D eigenvalue weighted by molar-refractivity contribution is 7.92. The van der Waals surface area contributed by atoms with Crippen LogP contribution < -0.4 is 9.52 Å². The fourth-order valence-corrected chi connectivity index (χ4v) is 5.80. The van der Waals surface area contributed by atoms with Crippen LogP contribution in [0.1, 0.15) is 35.7 Å². The van der Waals surface area contributed by atoms with E-state index in [1.54, 1.807) is 4.57 Å². The van der Waals surface area contributed by atoms with E-state index >= 15 is 0 Å². The molecule has 0 aliphatic rings. The largest absolute Gasteiger partial charge is 0.468 e. The maximum absolute atomic E-state index is 13.0. The first-order valence-electron chi connectivity index (χ1n) is 11.2. The number of nitrogens with one attached hydrogen (secondary N) is 1. The number of methoxy groups -OCH3 is 1. The summed E-state index contributed by atoms with van der Waals surface area (Å²) in [6.07, 6.45) is 0. The van der Waals surface area contributed by atoms with Gasteiger partial charge in [0.15, 0.2) is 4.80 Å². The van der Waals surface area contributed by atoms with Crippen LogP contribution in [0.3, 0.4) is 0 Å². The summed E-state index contributed by atoms with van der Waals surface area (Å²) in [5.41, 5.74) is 2.46. The number of hydrogen-bond donors (Lipinski definition) is 1. The Balaban J connectivity index is 1.63. The molecule has 1 amide bonds. The number of thiazole rings is 1. The average molecular weight is 558 g/mol. The summed E-state index contributed by atoms with van der Waals surface area (Å²) in [6.45, 7) is 4.09. The summed E-state index contributed by atoms with van der Waals surface area (Å²) in [5, 5.41) is 0.428. The van der Waals surface area contributed by atoms with Crippen LogP contribution in [0.25, 0.3) is 10.2 Å². The van der Waals surface area contributed by atoms with Crippen molar-refractivity contribution in [2.24, 2.45) is 4.99 Å². The van der Waals surface area contributed by atoms with E-state index in [1.165, 1.54) is 67.0 Å². The highest BCUT2D eigenvalue weighted by Gasteiger charge is 2.16. The SMILES string of the molecule is COC(=O)Cn1c(=NC(=O)c2ccc(NS(=O)(=O)c3ccc(Cl)cc3)cc2)sc2cc(C(C)C)ccc21. The van der Waals surface area contributed by atoms with Crippen molar-refractivity contribution >= 4 is 60.7 Å². The lowest BCUT2D eigenvalue weighted by Crippen LogP contribution is -2.22. The summed E-state index contributed by atoms with van der Waals surface area (Å²) in [5.74, 6) is -0.668. The fraction of sp³-hybridized carbons (Fsp3) is 0.192. The van der Waals surface area contributed by atoms with Gasteiger partial charge in [0, 0.05) is 16.3 Å². The van der Waals surface area contributed by atoms with Crippen LogP contribution in [-0.4, -0.2) is 32.0 Å². The molecule has 0 saturated heterocycles. The Bertz CT molecular complexity index is 1640. The van der Waals surface area contributed by atoms with Crippen LogP contribution >= 0.6 is 22.9 Å². The van der Waals surface area contributed by atoms with Gasteiger partial charge < -0.3 is 9.30 Å². The summed E-state index contributed by atoms with van der Waals surface area (Å²) >= 11 is 7.14. The van der Waals surface area contributed by atoms with Gasteiger partial charge in [0.1, 0.15) is 6.54 Å². The monoisotopic (exact) mass is 557 g/mol. The van der Waals surface area contributed by atoms with E-state index in [0.717, 1.165) is 15.8 Å². The van der Waals surface area contributed by atoms with Crippen molar-refractivity contribution in [2.45, 2.75) is 31.2 Å². The number of benzene rings is 3. The molecule has 0 unspecified atom stereocenters. The maximum atomic E-state index is 13.0. The molecule has 0 aliphatic carbocycles. The molecule has 3 aromatic carbocycles. The van der Waals surface area contributed by atoms with Crippen molar-refractivity contribution in [1.29, 1.82) is 0 Å². The molecule has 0 bridgehead atoms. The first-order valence-corrected chi connectivity index (χ1v) is 13.9. The van der Waals surface area contributed by atoms with Gasteiger partial charge in [-0.05, 0) is 72.1 Å². The number of sulfonamides is 1. The molecular weight excluding hydrogens is 534 g/mol. The Hall–Kier alpha value is -3.47. The first kappa shape index (κ1) is 26.6. The van der Waals surface area contributed by atoms with E-state index in [-0.39, 0.29) is 22.7 Å². The van der Waals surface area contributed by atoms with Crippen molar-refractivity contribution in [1.82, 2.24) is 4.57 Å². The van der Waals surface area contributed by atoms with E-state index in [9.17, 15) is 18.0 Å². The number of hydrogen-bond acceptors (Lipinski definition) is 6. The van der Waals surface area contributed by atoms with Crippen molar-refractivity contribution in [3.05, 3.63) is 87.7 Å². The molecule has 1 aromatic heterocycles. The molecule has 0 saturated carbocycles. The van der Waals surface area contributed by atoms with Crippen LogP contribution in [0, 0.1) is 0 Å². The van der Waals surface area contributed by atoms with E-state index in [4.69, 9.17) is 16.3 Å². The van der Waals surface area contributed by atoms with Crippen LogP contribution in [-0.2, 0) is 26.1 Å². The molecule has 0 aliphatic heterocycles. The Kier molecular flexibility index (Phi) is 7.82. The van der Waals surface area contributed by atoms with Crippen LogP contribution in [0.15, 0.2) is 76.6 Å². The molecule has 0 spiro atoms. The standard InChI is InChI=1S/C26H24ClN3O5S2/c1-16(2)18-6-13-22-23(14-18)36-26(30(22)15-24(31)35-3)28-25(32)17-4-9-20(10-5-17)29-37(33,34)21-11-7-19(27)8-12-21/h4-14,16,29H,15H2,1-3H3. The minimum Gasteiger partial charge on any atom is -0.468 e. The highest BCUT2D eigenvalue weighted by atomic mass is 35.5. The van der Waals surface area contributed by atoms with Crippen LogP contribution in [0.5, 0.6) is 0 Å². The summed E-state index contributed by atoms with van der Waals surface area (Å²) in [7, 11) is -2.51. The van der Waals surface area contributed by atoms with Crippen molar-refractivity contribution in [2.75, 3.05) is 11.8 Å². The van der Waals surface area contributed by atoms with Gasteiger partial charge in [0.25, 0.3) is 15.9 Å². The van der Waals surface area contributed by atoms with Gasteiger partial charge in [0.05, 0.1) is 22.2 Å². The molecule has 37 heavy (non-hydrogen) atoms. The minimum absolute atomic E-state index is 0.0626. The molecule has 0 atom stereocenters. The lowest BCUT2D eigenvalue weighted by Gasteiger charge is -2.08. The molecule has 11 heteroatoms. The number of rotatable bonds is 7. The number of fused-ring (bicyclic) bond motifs is 1. The molecule has 8 nitrogen and oxygen atoms in total. The number of carbonyl (C=O) groups excluding carboxylic acids is 2. The zero-order valence-corrected chi connectivity index (χ0v) is 22.7. The lowest BCUT2D eigenvalue weighted by atomic mass is 10.0. The smallest absolute Gasteiger partial charge is 0.325 e. The van der Waals surface area contributed by atoms with E-state index in [0.29, 0.717) is 15.7 Å². The van der Waals surface area contributed by atoms with E-state index in [2.05, 4.69) is 23.6 Å². The Morgan fingerprint density at radius 2 is 1.73 bits per heavy atom.